The van der Waals surface area contributed by atoms with Crippen LogP contribution in [0.25, 0.3) is 34.4 Å². The minimum atomic E-state index is -0.0676. The Morgan fingerprint density at radius 3 is 2.53 bits per heavy atom. The van der Waals surface area contributed by atoms with Crippen molar-refractivity contribution in [1.29, 1.82) is 0 Å². The molecule has 1 amide bonds. The molecule has 1 aliphatic rings. The largest absolute Gasteiger partial charge is 0.508 e. The lowest BCUT2D eigenvalue weighted by Crippen LogP contribution is -2.46. The van der Waals surface area contributed by atoms with Gasteiger partial charge in [0.05, 0.1) is 36.6 Å². The second kappa shape index (κ2) is 10.1. The third kappa shape index (κ3) is 4.60. The van der Waals surface area contributed by atoms with Gasteiger partial charge in [-0.05, 0) is 54.6 Å². The first-order chi connectivity index (χ1) is 17.6. The van der Waals surface area contributed by atoms with Crippen molar-refractivity contribution in [2.45, 2.75) is 0 Å². The molecule has 0 radical (unpaired) electrons. The van der Waals surface area contributed by atoms with Gasteiger partial charge >= 0.3 is 0 Å². The van der Waals surface area contributed by atoms with Crippen molar-refractivity contribution >= 4 is 29.1 Å². The summed E-state index contributed by atoms with van der Waals surface area (Å²) in [5.41, 5.74) is 3.90. The summed E-state index contributed by atoms with van der Waals surface area (Å²) in [5, 5.41) is 21.1. The number of rotatable bonds is 6. The predicted octanol–water partition coefficient (Wildman–Crippen LogP) is 3.56. The minimum Gasteiger partial charge on any atom is -0.508 e. The topological polar surface area (TPSA) is 113 Å². The van der Waals surface area contributed by atoms with Gasteiger partial charge in [-0.15, -0.1) is 0 Å². The number of carbonyl (C=O) groups is 1. The van der Waals surface area contributed by atoms with Gasteiger partial charge in [-0.3, -0.25) is 9.89 Å². The summed E-state index contributed by atoms with van der Waals surface area (Å²) in [6.45, 7) is 2.76. The minimum absolute atomic E-state index is 0.0676. The summed E-state index contributed by atoms with van der Waals surface area (Å²) in [7, 11) is 3.21. The van der Waals surface area contributed by atoms with Crippen LogP contribution in [0.1, 0.15) is 21.6 Å². The van der Waals surface area contributed by atoms with Crippen LogP contribution >= 0.6 is 0 Å². The SMILES string of the molecule is COc1ccc(/C=C/c2n[nH]c3nc(-c4ccc(O)cc4)cc(C(=O)N4CCNCC4)c23)c(OC)c1. The van der Waals surface area contributed by atoms with Gasteiger partial charge in [0, 0.05) is 43.4 Å². The summed E-state index contributed by atoms with van der Waals surface area (Å²) in [6.07, 6.45) is 3.74. The fourth-order valence-corrected chi connectivity index (χ4v) is 4.29. The predicted molar refractivity (Wildman–Crippen MR) is 138 cm³/mol. The molecule has 0 saturated carbocycles. The zero-order valence-electron chi connectivity index (χ0n) is 20.1. The number of H-pyrrole nitrogens is 1. The second-order valence-corrected chi connectivity index (χ2v) is 8.42. The Labute approximate surface area is 208 Å². The number of pyridine rings is 1. The number of nitrogens with one attached hydrogen (secondary N) is 2. The lowest BCUT2D eigenvalue weighted by molar-refractivity contribution is 0.0737. The van der Waals surface area contributed by atoms with Crippen molar-refractivity contribution in [3.63, 3.8) is 0 Å². The Balaban J connectivity index is 1.60. The quantitative estimate of drug-likeness (QED) is 0.383. The number of piperazine rings is 1. The van der Waals surface area contributed by atoms with Crippen molar-refractivity contribution < 1.29 is 19.4 Å². The Hall–Kier alpha value is -4.37. The van der Waals surface area contributed by atoms with Crippen molar-refractivity contribution in [3.8, 4) is 28.5 Å². The van der Waals surface area contributed by atoms with Crippen LogP contribution < -0.4 is 14.8 Å². The van der Waals surface area contributed by atoms with E-state index < -0.39 is 0 Å². The number of phenolic OH excluding ortho intramolecular Hbond substituents is 1. The van der Waals surface area contributed by atoms with E-state index in [-0.39, 0.29) is 11.7 Å². The van der Waals surface area contributed by atoms with Crippen LogP contribution in [-0.2, 0) is 0 Å². The molecule has 0 bridgehead atoms. The summed E-state index contributed by atoms with van der Waals surface area (Å²) in [5.74, 6) is 1.46. The molecule has 0 atom stereocenters. The number of amides is 1. The van der Waals surface area contributed by atoms with Gasteiger partial charge in [0.25, 0.3) is 5.91 Å². The van der Waals surface area contributed by atoms with Gasteiger partial charge in [-0.1, -0.05) is 0 Å². The highest BCUT2D eigenvalue weighted by atomic mass is 16.5. The first-order valence-electron chi connectivity index (χ1n) is 11.7. The number of hydrogen-bond acceptors (Lipinski definition) is 7. The molecule has 1 fully saturated rings. The van der Waals surface area contributed by atoms with E-state index in [1.54, 1.807) is 44.6 Å². The number of aromatic hydroxyl groups is 1. The van der Waals surface area contributed by atoms with Crippen LogP contribution in [-0.4, -0.2) is 71.5 Å². The lowest BCUT2D eigenvalue weighted by Gasteiger charge is -2.27. The van der Waals surface area contributed by atoms with Gasteiger partial charge < -0.3 is 24.8 Å². The molecule has 2 aromatic heterocycles. The Morgan fingerprint density at radius 2 is 1.81 bits per heavy atom. The fraction of sp³-hybridized carbons (Fsp3) is 0.222. The maximum Gasteiger partial charge on any atom is 0.254 e. The van der Waals surface area contributed by atoms with Crippen molar-refractivity contribution in [2.24, 2.45) is 0 Å². The number of aromatic nitrogens is 3. The highest BCUT2D eigenvalue weighted by Crippen LogP contribution is 2.30. The molecule has 0 aliphatic carbocycles. The number of aromatic amines is 1. The number of methoxy groups -OCH3 is 2. The van der Waals surface area contributed by atoms with Gasteiger partial charge in [0.1, 0.15) is 17.2 Å². The van der Waals surface area contributed by atoms with Gasteiger partial charge in [0.15, 0.2) is 5.65 Å². The molecule has 3 N–H and O–H groups in total. The number of carbonyl (C=O) groups excluding carboxylic acids is 1. The Morgan fingerprint density at radius 1 is 1.03 bits per heavy atom. The van der Waals surface area contributed by atoms with E-state index in [1.807, 2.05) is 35.3 Å². The average Bonchev–Trinajstić information content (AvgIpc) is 3.34. The normalized spacial score (nSPS) is 13.9. The average molecular weight is 486 g/mol. The highest BCUT2D eigenvalue weighted by Gasteiger charge is 2.24. The standard InChI is InChI=1S/C27H27N5O4/c1-35-20-9-5-18(24(15-20)36-2)6-10-22-25-21(27(34)32-13-11-28-12-14-32)16-23(29-26(25)31-30-22)17-3-7-19(33)8-4-17/h3-10,15-16,28,33H,11-14H2,1-2H3,(H,29,30,31)/b10-6+. The first-order valence-corrected chi connectivity index (χ1v) is 11.7. The Bertz CT molecular complexity index is 1420. The van der Waals surface area contributed by atoms with Crippen LogP contribution in [0, 0.1) is 0 Å². The monoisotopic (exact) mass is 485 g/mol. The van der Waals surface area contributed by atoms with E-state index in [0.717, 1.165) is 24.2 Å². The summed E-state index contributed by atoms with van der Waals surface area (Å²) in [6, 6.07) is 14.1. The van der Waals surface area contributed by atoms with E-state index in [4.69, 9.17) is 14.5 Å². The van der Waals surface area contributed by atoms with Gasteiger partial charge in [-0.25, -0.2) is 4.98 Å². The number of hydrogen-bond donors (Lipinski definition) is 3. The van der Waals surface area contributed by atoms with Crippen LogP contribution in [0.2, 0.25) is 0 Å². The molecule has 0 spiro atoms. The molecule has 2 aromatic carbocycles. The molecule has 1 aliphatic heterocycles. The Kier molecular flexibility index (Phi) is 6.55. The molecule has 5 rings (SSSR count). The number of phenols is 1. The van der Waals surface area contributed by atoms with Crippen LogP contribution in [0.15, 0.2) is 48.5 Å². The maximum atomic E-state index is 13.7. The third-order valence-electron chi connectivity index (χ3n) is 6.22. The van der Waals surface area contributed by atoms with Gasteiger partial charge in [-0.2, -0.15) is 5.10 Å². The van der Waals surface area contributed by atoms with Crippen molar-refractivity contribution in [3.05, 3.63) is 65.4 Å². The van der Waals surface area contributed by atoms with E-state index in [9.17, 15) is 9.90 Å². The number of nitrogens with zero attached hydrogens (tertiary/aromatic N) is 3. The molecular formula is C27H27N5O4. The zero-order valence-corrected chi connectivity index (χ0v) is 20.1. The lowest BCUT2D eigenvalue weighted by atomic mass is 10.0. The molecule has 4 aromatic rings. The van der Waals surface area contributed by atoms with E-state index >= 15 is 0 Å². The third-order valence-corrected chi connectivity index (χ3v) is 6.22. The zero-order chi connectivity index (χ0) is 25.1. The summed E-state index contributed by atoms with van der Waals surface area (Å²) >= 11 is 0. The van der Waals surface area contributed by atoms with Crippen LogP contribution in [0.3, 0.4) is 0 Å². The number of ether oxygens (including phenoxy) is 2. The fourth-order valence-electron chi connectivity index (χ4n) is 4.29. The van der Waals surface area contributed by atoms with E-state index in [2.05, 4.69) is 15.5 Å². The highest BCUT2D eigenvalue weighted by molar-refractivity contribution is 6.09. The molecular weight excluding hydrogens is 458 g/mol. The molecule has 3 heterocycles. The first kappa shape index (κ1) is 23.4. The van der Waals surface area contributed by atoms with Crippen molar-refractivity contribution in [1.82, 2.24) is 25.4 Å². The summed E-state index contributed by atoms with van der Waals surface area (Å²) in [4.78, 5) is 20.3. The molecule has 9 nitrogen and oxygen atoms in total. The molecule has 9 heteroatoms. The van der Waals surface area contributed by atoms with Crippen molar-refractivity contribution in [2.75, 3.05) is 40.4 Å². The smallest absolute Gasteiger partial charge is 0.254 e. The second-order valence-electron chi connectivity index (χ2n) is 8.42. The molecule has 184 valence electrons. The molecule has 0 unspecified atom stereocenters. The molecule has 1 saturated heterocycles. The van der Waals surface area contributed by atoms with Gasteiger partial charge in [0.2, 0.25) is 0 Å². The van der Waals surface area contributed by atoms with Crippen LogP contribution in [0.4, 0.5) is 0 Å². The van der Waals surface area contributed by atoms with Crippen LogP contribution in [0.5, 0.6) is 17.2 Å². The maximum absolute atomic E-state index is 13.7. The summed E-state index contributed by atoms with van der Waals surface area (Å²) < 4.78 is 10.8. The number of fused-ring (bicyclic) bond motifs is 1. The molecule has 36 heavy (non-hydrogen) atoms. The van der Waals surface area contributed by atoms with E-state index in [1.165, 1.54) is 0 Å². The number of benzene rings is 2. The van der Waals surface area contributed by atoms with E-state index in [0.29, 0.717) is 52.6 Å².